The largest absolute Gasteiger partial charge is 0.263 e. The lowest BCUT2D eigenvalue weighted by molar-refractivity contribution is 0.597. The number of benzene rings is 1. The molecule has 0 amide bonds. The molecule has 106 valence electrons. The van der Waals surface area contributed by atoms with Gasteiger partial charge in [-0.1, -0.05) is 0 Å². The van der Waals surface area contributed by atoms with Gasteiger partial charge < -0.3 is 0 Å². The van der Waals surface area contributed by atoms with Gasteiger partial charge in [-0.25, -0.2) is 17.8 Å². The number of hydrogen-bond acceptors (Lipinski definition) is 3. The highest BCUT2D eigenvalue weighted by Gasteiger charge is 2.21. The van der Waals surface area contributed by atoms with Crippen molar-refractivity contribution in [3.63, 3.8) is 0 Å². The Morgan fingerprint density at radius 3 is 2.40 bits per heavy atom. The zero-order valence-electron chi connectivity index (χ0n) is 10.8. The van der Waals surface area contributed by atoms with E-state index in [0.717, 1.165) is 0 Å². The maximum atomic E-state index is 13.3. The van der Waals surface area contributed by atoms with Crippen LogP contribution in [0.5, 0.6) is 0 Å². The molecule has 0 atom stereocenters. The van der Waals surface area contributed by atoms with Crippen LogP contribution < -0.4 is 4.72 Å². The minimum absolute atomic E-state index is 0.0662. The Kier molecular flexibility index (Phi) is 4.10. The van der Waals surface area contributed by atoms with Gasteiger partial charge in [0.2, 0.25) is 0 Å². The molecule has 0 spiro atoms. The van der Waals surface area contributed by atoms with E-state index in [1.54, 1.807) is 26.0 Å². The van der Waals surface area contributed by atoms with E-state index in [9.17, 15) is 12.8 Å². The third-order valence-electron chi connectivity index (χ3n) is 2.68. The zero-order chi connectivity index (χ0) is 14.9. The summed E-state index contributed by atoms with van der Waals surface area (Å²) in [4.78, 5) is 4.02. The number of nitrogens with one attached hydrogen (secondary N) is 1. The second-order valence-electron chi connectivity index (χ2n) is 4.31. The summed E-state index contributed by atoms with van der Waals surface area (Å²) in [7, 11) is -3.82. The number of nitrogens with zero attached hydrogens (tertiary/aromatic N) is 1. The van der Waals surface area contributed by atoms with Crippen molar-refractivity contribution < 1.29 is 12.8 Å². The summed E-state index contributed by atoms with van der Waals surface area (Å²) in [5.41, 5.74) is 0.698. The Labute approximate surface area is 125 Å². The average Bonchev–Trinajstić information content (AvgIpc) is 2.30. The normalized spacial score (nSPS) is 11.4. The number of anilines is 1. The number of sulfonamides is 1. The lowest BCUT2D eigenvalue weighted by Gasteiger charge is -2.13. The molecule has 0 aliphatic rings. The highest BCUT2D eigenvalue weighted by molar-refractivity contribution is 9.10. The summed E-state index contributed by atoms with van der Waals surface area (Å²) in [5, 5.41) is 0. The van der Waals surface area contributed by atoms with E-state index in [1.807, 2.05) is 0 Å². The molecule has 20 heavy (non-hydrogen) atoms. The van der Waals surface area contributed by atoms with Gasteiger partial charge in [0.15, 0.2) is 5.82 Å². The van der Waals surface area contributed by atoms with E-state index in [4.69, 9.17) is 0 Å². The van der Waals surface area contributed by atoms with Gasteiger partial charge >= 0.3 is 0 Å². The molecule has 4 nitrogen and oxygen atoms in total. The Hall–Kier alpha value is -1.47. The number of rotatable bonds is 3. The first kappa shape index (κ1) is 14.9. The van der Waals surface area contributed by atoms with Crippen molar-refractivity contribution in [2.24, 2.45) is 0 Å². The summed E-state index contributed by atoms with van der Waals surface area (Å²) in [6, 6.07) is 5.73. The third kappa shape index (κ3) is 2.99. The van der Waals surface area contributed by atoms with Crippen molar-refractivity contribution in [2.75, 3.05) is 4.72 Å². The Bertz CT molecular complexity index is 740. The lowest BCUT2D eigenvalue weighted by atomic mass is 10.1. The minimum atomic E-state index is -3.82. The van der Waals surface area contributed by atoms with E-state index < -0.39 is 15.8 Å². The lowest BCUT2D eigenvalue weighted by Crippen LogP contribution is -2.17. The van der Waals surface area contributed by atoms with Crippen molar-refractivity contribution in [3.8, 4) is 0 Å². The monoisotopic (exact) mass is 358 g/mol. The second kappa shape index (κ2) is 5.49. The molecule has 2 aromatic rings. The molecular weight excluding hydrogens is 347 g/mol. The summed E-state index contributed by atoms with van der Waals surface area (Å²) < 4.78 is 41.0. The smallest absolute Gasteiger partial charge is 0.262 e. The molecule has 1 N–H and O–H groups in total. The molecule has 0 radical (unpaired) electrons. The first-order valence-electron chi connectivity index (χ1n) is 5.71. The summed E-state index contributed by atoms with van der Waals surface area (Å²) in [5.74, 6) is -0.270. The van der Waals surface area contributed by atoms with Crippen molar-refractivity contribution >= 4 is 31.8 Å². The standard InChI is InChI=1S/C13H12BrFN2O2S/c1-8-6-10(15)7-9(2)12(8)20(18,19)17-13-11(14)4-3-5-16-13/h3-7H,1-2H3,(H,16,17). The van der Waals surface area contributed by atoms with Gasteiger partial charge in [-0.05, 0) is 65.2 Å². The SMILES string of the molecule is Cc1cc(F)cc(C)c1S(=O)(=O)Nc1ncccc1Br. The average molecular weight is 359 g/mol. The number of aryl methyl sites for hydroxylation is 2. The van der Waals surface area contributed by atoms with E-state index in [2.05, 4.69) is 25.6 Å². The molecule has 7 heteroatoms. The quantitative estimate of drug-likeness (QED) is 0.914. The molecule has 0 aliphatic carbocycles. The van der Waals surface area contributed by atoms with Gasteiger partial charge in [0.25, 0.3) is 10.0 Å². The Morgan fingerprint density at radius 1 is 1.25 bits per heavy atom. The predicted molar refractivity (Wildman–Crippen MR) is 78.6 cm³/mol. The van der Waals surface area contributed by atoms with E-state index in [-0.39, 0.29) is 10.7 Å². The van der Waals surface area contributed by atoms with Crippen molar-refractivity contribution in [1.29, 1.82) is 0 Å². The molecule has 1 aromatic carbocycles. The Balaban J connectivity index is 2.50. The maximum absolute atomic E-state index is 13.3. The van der Waals surface area contributed by atoms with Crippen LogP contribution in [0.25, 0.3) is 0 Å². The number of aromatic nitrogens is 1. The van der Waals surface area contributed by atoms with E-state index in [0.29, 0.717) is 15.6 Å². The van der Waals surface area contributed by atoms with E-state index >= 15 is 0 Å². The van der Waals surface area contributed by atoms with Gasteiger partial charge in [0, 0.05) is 6.20 Å². The predicted octanol–water partition coefficient (Wildman–Crippen LogP) is 3.40. The van der Waals surface area contributed by atoms with Crippen molar-refractivity contribution in [1.82, 2.24) is 4.98 Å². The molecule has 0 unspecified atom stereocenters. The number of pyridine rings is 1. The van der Waals surface area contributed by atoms with Crippen LogP contribution in [-0.2, 0) is 10.0 Å². The molecule has 0 saturated carbocycles. The van der Waals surface area contributed by atoms with Gasteiger partial charge in [0.05, 0.1) is 9.37 Å². The fourth-order valence-corrected chi connectivity index (χ4v) is 3.93. The van der Waals surface area contributed by atoms with Gasteiger partial charge in [-0.3, -0.25) is 4.72 Å². The van der Waals surface area contributed by atoms with Crippen molar-refractivity contribution in [3.05, 3.63) is 51.9 Å². The van der Waals surface area contributed by atoms with Gasteiger partial charge in [-0.15, -0.1) is 0 Å². The van der Waals surface area contributed by atoms with Crippen LogP contribution in [0, 0.1) is 19.7 Å². The van der Waals surface area contributed by atoms with Gasteiger partial charge in [-0.2, -0.15) is 0 Å². The van der Waals surface area contributed by atoms with Crippen LogP contribution in [-0.4, -0.2) is 13.4 Å². The fraction of sp³-hybridized carbons (Fsp3) is 0.154. The molecular formula is C13H12BrFN2O2S. The fourth-order valence-electron chi connectivity index (χ4n) is 1.96. The summed E-state index contributed by atoms with van der Waals surface area (Å²) in [6.07, 6.45) is 1.48. The van der Waals surface area contributed by atoms with Crippen LogP contribution in [0.3, 0.4) is 0 Å². The van der Waals surface area contributed by atoms with Crippen molar-refractivity contribution in [2.45, 2.75) is 18.7 Å². The highest BCUT2D eigenvalue weighted by atomic mass is 79.9. The van der Waals surface area contributed by atoms with Crippen LogP contribution in [0.4, 0.5) is 10.2 Å². The first-order chi connectivity index (χ1) is 9.31. The molecule has 1 heterocycles. The third-order valence-corrected chi connectivity index (χ3v) is 4.97. The summed E-state index contributed by atoms with van der Waals surface area (Å²) in [6.45, 7) is 3.11. The molecule has 1 aromatic heterocycles. The topological polar surface area (TPSA) is 59.1 Å². The molecule has 0 bridgehead atoms. The Morgan fingerprint density at radius 2 is 1.85 bits per heavy atom. The maximum Gasteiger partial charge on any atom is 0.263 e. The molecule has 0 saturated heterocycles. The zero-order valence-corrected chi connectivity index (χ0v) is 13.2. The number of hydrogen-bond donors (Lipinski definition) is 1. The summed E-state index contributed by atoms with van der Waals surface area (Å²) >= 11 is 3.22. The molecule has 0 fully saturated rings. The van der Waals surface area contributed by atoms with Crippen LogP contribution in [0.2, 0.25) is 0 Å². The van der Waals surface area contributed by atoms with Crippen LogP contribution >= 0.6 is 15.9 Å². The molecule has 2 rings (SSSR count). The first-order valence-corrected chi connectivity index (χ1v) is 7.99. The highest BCUT2D eigenvalue weighted by Crippen LogP contribution is 2.26. The van der Waals surface area contributed by atoms with E-state index in [1.165, 1.54) is 18.3 Å². The number of halogens is 2. The second-order valence-corrected chi connectivity index (χ2v) is 6.78. The van der Waals surface area contributed by atoms with Crippen LogP contribution in [0.1, 0.15) is 11.1 Å². The van der Waals surface area contributed by atoms with Crippen LogP contribution in [0.15, 0.2) is 39.8 Å². The van der Waals surface area contributed by atoms with Gasteiger partial charge in [0.1, 0.15) is 5.82 Å². The molecule has 0 aliphatic heterocycles. The minimum Gasteiger partial charge on any atom is -0.262 e.